The van der Waals surface area contributed by atoms with E-state index in [4.69, 9.17) is 39.0 Å². The van der Waals surface area contributed by atoms with Crippen LogP contribution in [0.2, 0.25) is 0 Å². The molecular weight excluding hydrogens is 618 g/mol. The molecule has 4 aromatic rings. The predicted molar refractivity (Wildman–Crippen MR) is 141 cm³/mol. The van der Waals surface area contributed by atoms with Crippen molar-refractivity contribution < 1.29 is 46.5 Å². The van der Waals surface area contributed by atoms with E-state index in [9.17, 15) is 23.7 Å². The number of nitrogens with zero attached hydrogens (tertiary/aromatic N) is 7. The van der Waals surface area contributed by atoms with E-state index < -0.39 is 70.9 Å². The standard InChI is InChI=1S/C20H24N10O11P2/c21-16-12-17(24-5-23-16)29(6-25-12)8-1-36-10-3-38-43(34,35)41-15-9(2-37-11(15)4-39-42(32,33)40-14(8)10)30-7-26-13-18(30)27-20(22)28-19(13)31/h5-11,14-15H,1-4H2,(H,32,33)(H,34,35)(H2,21,23,24)(H3,22,27,28,31)/t8-,9-,10-,11-,14+,15+/m1/s1. The molecule has 2 unspecified atom stereocenters. The third-order valence-electron chi connectivity index (χ3n) is 7.32. The molecule has 3 aliphatic heterocycles. The van der Waals surface area contributed by atoms with Crippen LogP contribution in [0.3, 0.4) is 0 Å². The topological polar surface area (TPSA) is 289 Å². The van der Waals surface area contributed by atoms with Crippen LogP contribution in [-0.2, 0) is 36.7 Å². The molecule has 8 atom stereocenters. The lowest BCUT2D eigenvalue weighted by atomic mass is 10.1. The SMILES string of the molecule is Nc1nc2c(ncn2[C@@H]2CO[C@@H]3COP(=O)(O)O[C@H]4[C@H](n5cnc6c(N)ncnc65)CO[C@@H]4COP(=O)(O)O[C@@H]23)c(=O)[nH]1. The van der Waals surface area contributed by atoms with Crippen molar-refractivity contribution >= 4 is 49.7 Å². The van der Waals surface area contributed by atoms with Crippen molar-refractivity contribution in [3.63, 3.8) is 0 Å². The van der Waals surface area contributed by atoms with Crippen LogP contribution in [0.1, 0.15) is 12.1 Å². The van der Waals surface area contributed by atoms with Gasteiger partial charge in [-0.15, -0.1) is 0 Å². The summed E-state index contributed by atoms with van der Waals surface area (Å²) in [5.74, 6) is -0.0629. The van der Waals surface area contributed by atoms with Crippen LogP contribution < -0.4 is 17.0 Å². The van der Waals surface area contributed by atoms with Gasteiger partial charge in [0.2, 0.25) is 5.95 Å². The quantitative estimate of drug-likeness (QED) is 0.164. The molecule has 3 fully saturated rings. The largest absolute Gasteiger partial charge is 0.472 e. The minimum Gasteiger partial charge on any atom is -0.382 e. The second-order valence-electron chi connectivity index (χ2n) is 9.91. The number of hydrogen-bond donors (Lipinski definition) is 5. The molecule has 7 rings (SSSR count). The second-order valence-corrected chi connectivity index (χ2v) is 12.7. The number of anilines is 2. The van der Waals surface area contributed by atoms with Crippen molar-refractivity contribution in [2.45, 2.75) is 36.5 Å². The number of ether oxygens (including phenoxy) is 2. The van der Waals surface area contributed by atoms with Gasteiger partial charge in [0, 0.05) is 0 Å². The molecule has 0 aliphatic carbocycles. The maximum absolute atomic E-state index is 13.2. The van der Waals surface area contributed by atoms with Gasteiger partial charge in [-0.3, -0.25) is 27.9 Å². The Labute approximate surface area is 239 Å². The van der Waals surface area contributed by atoms with E-state index in [-0.39, 0.29) is 36.1 Å². The summed E-state index contributed by atoms with van der Waals surface area (Å²) < 4.78 is 62.5. The minimum absolute atomic E-state index is 0.0439. The highest BCUT2D eigenvalue weighted by Gasteiger charge is 2.50. The number of aromatic nitrogens is 8. The Morgan fingerprint density at radius 2 is 1.37 bits per heavy atom. The van der Waals surface area contributed by atoms with Crippen LogP contribution in [0.25, 0.3) is 22.3 Å². The monoisotopic (exact) mass is 642 g/mol. The van der Waals surface area contributed by atoms with Crippen LogP contribution >= 0.6 is 15.6 Å². The number of nitrogen functional groups attached to an aromatic ring is 2. The molecular formula is C20H24N10O11P2. The maximum atomic E-state index is 13.2. The van der Waals surface area contributed by atoms with Gasteiger partial charge < -0.3 is 39.9 Å². The molecule has 0 bridgehead atoms. The van der Waals surface area contributed by atoms with Gasteiger partial charge in [0.15, 0.2) is 22.6 Å². The summed E-state index contributed by atoms with van der Waals surface area (Å²) in [4.78, 5) is 56.5. The second kappa shape index (κ2) is 10.4. The van der Waals surface area contributed by atoms with E-state index in [0.29, 0.717) is 11.2 Å². The van der Waals surface area contributed by atoms with E-state index in [0.717, 1.165) is 0 Å². The number of hydrogen-bond acceptors (Lipinski definition) is 16. The lowest BCUT2D eigenvalue weighted by Crippen LogP contribution is -2.37. The normalized spacial score (nSPS) is 35.4. The zero-order valence-corrected chi connectivity index (χ0v) is 23.6. The van der Waals surface area contributed by atoms with Crippen LogP contribution in [0.15, 0.2) is 23.8 Å². The number of phosphoric acid groups is 2. The van der Waals surface area contributed by atoms with E-state index in [1.807, 2.05) is 0 Å². The molecule has 4 aromatic heterocycles. The molecule has 7 N–H and O–H groups in total. The molecule has 23 heteroatoms. The third kappa shape index (κ3) is 5.12. The van der Waals surface area contributed by atoms with Gasteiger partial charge in [0.05, 0.1) is 51.2 Å². The Bertz CT molecular complexity index is 1860. The fraction of sp³-hybridized carbons (Fsp3) is 0.500. The van der Waals surface area contributed by atoms with Crippen molar-refractivity contribution in [2.24, 2.45) is 0 Å². The minimum atomic E-state index is -4.84. The number of phosphoric ester groups is 2. The van der Waals surface area contributed by atoms with Crippen LogP contribution in [0.4, 0.5) is 11.8 Å². The van der Waals surface area contributed by atoms with Gasteiger partial charge in [0.1, 0.15) is 36.3 Å². The molecule has 0 spiro atoms. The Balaban J connectivity index is 1.19. The first kappa shape index (κ1) is 28.4. The first-order valence-electron chi connectivity index (χ1n) is 12.7. The third-order valence-corrected chi connectivity index (χ3v) is 9.29. The van der Waals surface area contributed by atoms with Gasteiger partial charge in [-0.05, 0) is 0 Å². The molecule has 0 amide bonds. The number of fused-ring (bicyclic) bond motifs is 4. The number of rotatable bonds is 2. The van der Waals surface area contributed by atoms with Crippen molar-refractivity contribution in [1.29, 1.82) is 0 Å². The van der Waals surface area contributed by atoms with Gasteiger partial charge in [-0.2, -0.15) is 4.98 Å². The van der Waals surface area contributed by atoms with E-state index in [1.165, 1.54) is 28.1 Å². The summed E-state index contributed by atoms with van der Waals surface area (Å²) in [6.45, 7) is -1.41. The molecule has 0 radical (unpaired) electrons. The first-order valence-corrected chi connectivity index (χ1v) is 15.7. The van der Waals surface area contributed by atoms with E-state index in [1.54, 1.807) is 0 Å². The summed E-state index contributed by atoms with van der Waals surface area (Å²) in [6.07, 6.45) is -0.941. The average molecular weight is 642 g/mol. The highest BCUT2D eigenvalue weighted by atomic mass is 31.2. The Kier molecular flexibility index (Phi) is 6.86. The zero-order valence-electron chi connectivity index (χ0n) is 21.8. The maximum Gasteiger partial charge on any atom is 0.472 e. The molecule has 0 aromatic carbocycles. The number of H-pyrrole nitrogens is 1. The molecule has 7 heterocycles. The van der Waals surface area contributed by atoms with Crippen molar-refractivity contribution in [2.75, 3.05) is 37.9 Å². The van der Waals surface area contributed by atoms with Crippen LogP contribution in [-0.4, -0.2) is 99.7 Å². The Morgan fingerprint density at radius 1 is 0.814 bits per heavy atom. The summed E-state index contributed by atoms with van der Waals surface area (Å²) in [5.41, 5.74) is 11.6. The summed E-state index contributed by atoms with van der Waals surface area (Å²) in [5, 5.41) is 0. The van der Waals surface area contributed by atoms with Crippen LogP contribution in [0, 0.1) is 0 Å². The van der Waals surface area contributed by atoms with Crippen molar-refractivity contribution in [1.82, 2.24) is 39.0 Å². The zero-order chi connectivity index (χ0) is 30.1. The lowest BCUT2D eigenvalue weighted by Gasteiger charge is -2.30. The molecule has 3 aliphatic rings. The number of aromatic amines is 1. The first-order chi connectivity index (χ1) is 20.5. The summed E-state index contributed by atoms with van der Waals surface area (Å²) >= 11 is 0. The summed E-state index contributed by atoms with van der Waals surface area (Å²) in [7, 11) is -9.66. The predicted octanol–water partition coefficient (Wildman–Crippen LogP) is -0.978. The molecule has 43 heavy (non-hydrogen) atoms. The average Bonchev–Trinajstić information content (AvgIpc) is 3.71. The number of nitrogens with two attached hydrogens (primary N) is 2. The van der Waals surface area contributed by atoms with Gasteiger partial charge in [-0.1, -0.05) is 0 Å². The Hall–Kier alpha value is -3.36. The highest BCUT2D eigenvalue weighted by molar-refractivity contribution is 7.47. The lowest BCUT2D eigenvalue weighted by molar-refractivity contribution is -0.0392. The van der Waals surface area contributed by atoms with Crippen LogP contribution in [0.5, 0.6) is 0 Å². The van der Waals surface area contributed by atoms with E-state index in [2.05, 4.69) is 29.9 Å². The van der Waals surface area contributed by atoms with Gasteiger partial charge in [0.25, 0.3) is 5.56 Å². The molecule has 3 saturated heterocycles. The molecule has 0 saturated carbocycles. The fourth-order valence-electron chi connectivity index (χ4n) is 5.36. The van der Waals surface area contributed by atoms with Crippen molar-refractivity contribution in [3.05, 3.63) is 29.3 Å². The van der Waals surface area contributed by atoms with Gasteiger partial charge >= 0.3 is 15.6 Å². The number of imidazole rings is 2. The Morgan fingerprint density at radius 3 is 1.98 bits per heavy atom. The number of nitrogens with one attached hydrogen (secondary N) is 1. The van der Waals surface area contributed by atoms with Gasteiger partial charge in [-0.25, -0.2) is 29.1 Å². The smallest absolute Gasteiger partial charge is 0.382 e. The van der Waals surface area contributed by atoms with E-state index >= 15 is 0 Å². The molecule has 21 nitrogen and oxygen atoms in total. The molecule has 230 valence electrons. The van der Waals surface area contributed by atoms with Crippen molar-refractivity contribution in [3.8, 4) is 0 Å². The highest BCUT2D eigenvalue weighted by Crippen LogP contribution is 2.53. The summed E-state index contributed by atoms with van der Waals surface area (Å²) in [6, 6.07) is -1.70. The fourth-order valence-corrected chi connectivity index (χ4v) is 7.32.